The van der Waals surface area contributed by atoms with Crippen LogP contribution in [-0.2, 0) is 19.4 Å². The number of likely N-dealkylation sites (tertiary alicyclic amines) is 1. The number of rotatable bonds is 4. The fourth-order valence-electron chi connectivity index (χ4n) is 2.85. The van der Waals surface area contributed by atoms with Gasteiger partial charge in [-0.1, -0.05) is 0 Å². The second kappa shape index (κ2) is 6.22. The maximum atomic E-state index is 12.2. The number of nitrogens with zero attached hydrogens (tertiary/aromatic N) is 1. The van der Waals surface area contributed by atoms with Gasteiger partial charge in [0.2, 0.25) is 5.91 Å². The molecule has 2 rings (SSSR count). The Hall–Kier alpha value is -0.620. The number of carbonyl (C=O) groups is 1. The van der Waals surface area contributed by atoms with Crippen LogP contribution in [0.4, 0.5) is 0 Å². The topological polar surface area (TPSA) is 63.7 Å². The van der Waals surface area contributed by atoms with Gasteiger partial charge in [-0.05, 0) is 32.1 Å². The number of hydrogen-bond acceptors (Lipinski definition) is 4. The van der Waals surface area contributed by atoms with E-state index < -0.39 is 9.84 Å². The normalized spacial score (nSPS) is 27.6. The van der Waals surface area contributed by atoms with Gasteiger partial charge in [0.15, 0.2) is 9.84 Å². The largest absolute Gasteiger partial charge is 0.381 e. The molecule has 110 valence electrons. The molecule has 2 aliphatic heterocycles. The summed E-state index contributed by atoms with van der Waals surface area (Å²) in [6.45, 7) is 4.98. The van der Waals surface area contributed by atoms with E-state index in [0.29, 0.717) is 12.3 Å². The van der Waals surface area contributed by atoms with E-state index >= 15 is 0 Å². The molecule has 0 saturated carbocycles. The average Bonchev–Trinajstić information content (AvgIpc) is 2.76. The van der Waals surface area contributed by atoms with Crippen LogP contribution in [0.2, 0.25) is 0 Å². The zero-order chi connectivity index (χ0) is 13.9. The third kappa shape index (κ3) is 3.92. The predicted octanol–water partition coefficient (Wildman–Crippen LogP) is 0.696. The third-order valence-corrected chi connectivity index (χ3v) is 5.83. The summed E-state index contributed by atoms with van der Waals surface area (Å²) in [4.78, 5) is 14.1. The number of sulfone groups is 1. The minimum atomic E-state index is -2.97. The first kappa shape index (κ1) is 14.8. The number of hydrogen-bond donors (Lipinski definition) is 0. The molecule has 0 aliphatic carbocycles. The standard InChI is InChI=1S/C13H23NO4S/c1-2-18-9-11-3-6-14(7-4-11)13(15)12-5-8-19(16,17)10-12/h11-12H,2-10H2,1H3. The number of ether oxygens (including phenoxy) is 1. The molecular weight excluding hydrogens is 266 g/mol. The Kier molecular flexibility index (Phi) is 4.84. The summed E-state index contributed by atoms with van der Waals surface area (Å²) in [5.74, 6) is 0.496. The number of piperidine rings is 1. The van der Waals surface area contributed by atoms with Crippen LogP contribution in [0.1, 0.15) is 26.2 Å². The van der Waals surface area contributed by atoms with E-state index in [-0.39, 0.29) is 23.3 Å². The highest BCUT2D eigenvalue weighted by Gasteiger charge is 2.36. The van der Waals surface area contributed by atoms with Gasteiger partial charge in [0.25, 0.3) is 0 Å². The van der Waals surface area contributed by atoms with Gasteiger partial charge in [0, 0.05) is 26.3 Å². The van der Waals surface area contributed by atoms with Crippen molar-refractivity contribution in [1.29, 1.82) is 0 Å². The Labute approximate surface area is 115 Å². The molecule has 0 N–H and O–H groups in total. The minimum Gasteiger partial charge on any atom is -0.381 e. The molecule has 2 saturated heterocycles. The van der Waals surface area contributed by atoms with Crippen molar-refractivity contribution in [3.05, 3.63) is 0 Å². The summed E-state index contributed by atoms with van der Waals surface area (Å²) >= 11 is 0. The van der Waals surface area contributed by atoms with Crippen LogP contribution in [0.15, 0.2) is 0 Å². The predicted molar refractivity (Wildman–Crippen MR) is 72.6 cm³/mol. The average molecular weight is 289 g/mol. The summed E-state index contributed by atoms with van der Waals surface area (Å²) in [6, 6.07) is 0. The second-order valence-electron chi connectivity index (χ2n) is 5.53. The quantitative estimate of drug-likeness (QED) is 0.764. The fourth-order valence-corrected chi connectivity index (χ4v) is 4.59. The lowest BCUT2D eigenvalue weighted by atomic mass is 9.96. The van der Waals surface area contributed by atoms with Gasteiger partial charge in [-0.15, -0.1) is 0 Å². The molecule has 1 atom stereocenters. The first-order valence-corrected chi connectivity index (χ1v) is 8.91. The van der Waals surface area contributed by atoms with Crippen LogP contribution < -0.4 is 0 Å². The molecule has 19 heavy (non-hydrogen) atoms. The summed E-state index contributed by atoms with van der Waals surface area (Å²) in [7, 11) is -2.97. The molecule has 2 fully saturated rings. The summed E-state index contributed by atoms with van der Waals surface area (Å²) in [5, 5.41) is 0. The van der Waals surface area contributed by atoms with Crippen molar-refractivity contribution in [2.75, 3.05) is 37.8 Å². The SMILES string of the molecule is CCOCC1CCN(C(=O)C2CCS(=O)(=O)C2)CC1. The van der Waals surface area contributed by atoms with Gasteiger partial charge >= 0.3 is 0 Å². The van der Waals surface area contributed by atoms with Crippen LogP contribution in [0, 0.1) is 11.8 Å². The van der Waals surface area contributed by atoms with Crippen molar-refractivity contribution in [1.82, 2.24) is 4.90 Å². The Morgan fingerprint density at radius 1 is 1.26 bits per heavy atom. The summed E-state index contributed by atoms with van der Waals surface area (Å²) < 4.78 is 28.2. The number of amides is 1. The van der Waals surface area contributed by atoms with E-state index in [0.717, 1.165) is 39.1 Å². The first-order chi connectivity index (χ1) is 9.02. The van der Waals surface area contributed by atoms with Crippen molar-refractivity contribution in [2.45, 2.75) is 26.2 Å². The molecule has 0 bridgehead atoms. The molecule has 2 heterocycles. The molecule has 1 amide bonds. The number of carbonyl (C=O) groups excluding carboxylic acids is 1. The van der Waals surface area contributed by atoms with Gasteiger partial charge in [-0.25, -0.2) is 8.42 Å². The maximum Gasteiger partial charge on any atom is 0.226 e. The van der Waals surface area contributed by atoms with Crippen molar-refractivity contribution in [3.63, 3.8) is 0 Å². The molecule has 5 nitrogen and oxygen atoms in total. The highest BCUT2D eigenvalue weighted by atomic mass is 32.2. The van der Waals surface area contributed by atoms with Crippen molar-refractivity contribution >= 4 is 15.7 Å². The van der Waals surface area contributed by atoms with E-state index in [1.54, 1.807) is 0 Å². The fraction of sp³-hybridized carbons (Fsp3) is 0.923. The third-order valence-electron chi connectivity index (χ3n) is 4.07. The van der Waals surface area contributed by atoms with Crippen molar-refractivity contribution < 1.29 is 17.9 Å². The van der Waals surface area contributed by atoms with Crippen LogP contribution >= 0.6 is 0 Å². The van der Waals surface area contributed by atoms with Crippen LogP contribution in [-0.4, -0.2) is 57.0 Å². The van der Waals surface area contributed by atoms with Gasteiger partial charge in [0.1, 0.15) is 0 Å². The maximum absolute atomic E-state index is 12.2. The first-order valence-electron chi connectivity index (χ1n) is 7.09. The molecule has 0 aromatic carbocycles. The Morgan fingerprint density at radius 2 is 1.95 bits per heavy atom. The summed E-state index contributed by atoms with van der Waals surface area (Å²) in [6.07, 6.45) is 2.43. The highest BCUT2D eigenvalue weighted by molar-refractivity contribution is 7.91. The second-order valence-corrected chi connectivity index (χ2v) is 7.76. The lowest BCUT2D eigenvalue weighted by molar-refractivity contribution is -0.136. The highest BCUT2D eigenvalue weighted by Crippen LogP contribution is 2.24. The van der Waals surface area contributed by atoms with Crippen LogP contribution in [0.3, 0.4) is 0 Å². The zero-order valence-corrected chi connectivity index (χ0v) is 12.3. The zero-order valence-electron chi connectivity index (χ0n) is 11.5. The van der Waals surface area contributed by atoms with Crippen LogP contribution in [0.5, 0.6) is 0 Å². The molecule has 0 radical (unpaired) electrons. The van der Waals surface area contributed by atoms with Gasteiger partial charge in [-0.2, -0.15) is 0 Å². The van der Waals surface area contributed by atoms with Crippen LogP contribution in [0.25, 0.3) is 0 Å². The lowest BCUT2D eigenvalue weighted by Crippen LogP contribution is -2.42. The van der Waals surface area contributed by atoms with E-state index in [4.69, 9.17) is 4.74 Å². The Balaban J connectivity index is 1.80. The molecule has 0 spiro atoms. The molecule has 6 heteroatoms. The molecular formula is C13H23NO4S. The minimum absolute atomic E-state index is 0.0379. The lowest BCUT2D eigenvalue weighted by Gasteiger charge is -2.33. The van der Waals surface area contributed by atoms with Gasteiger partial charge in [0.05, 0.1) is 17.4 Å². The molecule has 0 aromatic heterocycles. The van der Waals surface area contributed by atoms with Gasteiger partial charge in [-0.3, -0.25) is 4.79 Å². The monoisotopic (exact) mass is 289 g/mol. The van der Waals surface area contributed by atoms with E-state index in [2.05, 4.69) is 0 Å². The molecule has 1 unspecified atom stereocenters. The summed E-state index contributed by atoms with van der Waals surface area (Å²) in [5.41, 5.74) is 0. The smallest absolute Gasteiger partial charge is 0.226 e. The van der Waals surface area contributed by atoms with E-state index in [1.807, 2.05) is 11.8 Å². The van der Waals surface area contributed by atoms with Crippen molar-refractivity contribution in [2.24, 2.45) is 11.8 Å². The van der Waals surface area contributed by atoms with E-state index in [9.17, 15) is 13.2 Å². The molecule has 2 aliphatic rings. The van der Waals surface area contributed by atoms with Crippen molar-refractivity contribution in [3.8, 4) is 0 Å². The molecule has 0 aromatic rings. The Morgan fingerprint density at radius 3 is 2.47 bits per heavy atom. The Bertz CT molecular complexity index is 412. The van der Waals surface area contributed by atoms with E-state index in [1.165, 1.54) is 0 Å². The van der Waals surface area contributed by atoms with Gasteiger partial charge < -0.3 is 9.64 Å².